The van der Waals surface area contributed by atoms with Crippen LogP contribution in [0.5, 0.6) is 0 Å². The van der Waals surface area contributed by atoms with Gasteiger partial charge in [0, 0.05) is 0 Å². The number of rotatable bonds is 2. The van der Waals surface area contributed by atoms with Gasteiger partial charge in [0.25, 0.3) is 0 Å². The van der Waals surface area contributed by atoms with E-state index in [2.05, 4.69) is 58.3 Å². The van der Waals surface area contributed by atoms with E-state index in [0.29, 0.717) is 0 Å². The third-order valence-corrected chi connectivity index (χ3v) is 18.8. The Hall–Kier alpha value is 0.857. The first-order valence-corrected chi connectivity index (χ1v) is 16.4. The average Bonchev–Trinajstić information content (AvgIpc) is 2.23. The van der Waals surface area contributed by atoms with Crippen LogP contribution in [0.25, 0.3) is 0 Å². The van der Waals surface area contributed by atoms with Crippen LogP contribution in [0.4, 0.5) is 0 Å². The van der Waals surface area contributed by atoms with Gasteiger partial charge in [-0.3, -0.25) is 0 Å². The van der Waals surface area contributed by atoms with Gasteiger partial charge in [0.1, 0.15) is 0 Å². The van der Waals surface area contributed by atoms with Crippen molar-refractivity contribution in [1.82, 2.24) is 11.9 Å². The Morgan fingerprint density at radius 2 is 1.05 bits per heavy atom. The zero-order valence-electron chi connectivity index (χ0n) is 14.1. The van der Waals surface area contributed by atoms with Crippen LogP contribution in [0.3, 0.4) is 0 Å². The standard InChI is InChI=1S/C13H33GeN3Si2/c1-15-10-8-12-16(18(2,3)4)14-17(13-9-11-15)19(5,6)7/h8-13H2,1-7H3. The second kappa shape index (κ2) is 7.22. The van der Waals surface area contributed by atoms with Crippen LogP contribution in [0.2, 0.25) is 39.3 Å². The van der Waals surface area contributed by atoms with Gasteiger partial charge in [0.2, 0.25) is 0 Å². The van der Waals surface area contributed by atoms with Gasteiger partial charge in [-0.1, -0.05) is 0 Å². The molecule has 0 aromatic carbocycles. The molecule has 0 amide bonds. The first-order chi connectivity index (χ1) is 8.60. The summed E-state index contributed by atoms with van der Waals surface area (Å²) in [5.74, 6) is 0. The fourth-order valence-electron chi connectivity index (χ4n) is 2.33. The molecule has 0 atom stereocenters. The summed E-state index contributed by atoms with van der Waals surface area (Å²) < 4.78 is 5.87. The predicted molar refractivity (Wildman–Crippen MR) is 92.6 cm³/mol. The van der Waals surface area contributed by atoms with E-state index in [4.69, 9.17) is 0 Å². The molecule has 1 heterocycles. The van der Waals surface area contributed by atoms with Crippen LogP contribution in [-0.4, -0.2) is 77.5 Å². The summed E-state index contributed by atoms with van der Waals surface area (Å²) >= 11 is -0.0689. The molecule has 2 radical (unpaired) electrons. The molecule has 0 unspecified atom stereocenters. The van der Waals surface area contributed by atoms with E-state index in [1.165, 1.54) is 39.0 Å². The van der Waals surface area contributed by atoms with Crippen LogP contribution in [0.15, 0.2) is 0 Å². The van der Waals surface area contributed by atoms with Crippen molar-refractivity contribution < 1.29 is 0 Å². The molecule has 6 heteroatoms. The molecule has 19 heavy (non-hydrogen) atoms. The maximum absolute atomic E-state index is 2.93. The van der Waals surface area contributed by atoms with Crippen LogP contribution in [0.1, 0.15) is 12.8 Å². The summed E-state index contributed by atoms with van der Waals surface area (Å²) in [5.41, 5.74) is 0. The van der Waals surface area contributed by atoms with Gasteiger partial charge >= 0.3 is 130 Å². The molecule has 0 spiro atoms. The molecule has 1 rings (SSSR count). The van der Waals surface area contributed by atoms with Gasteiger partial charge in [-0.15, -0.1) is 0 Å². The fraction of sp³-hybridized carbons (Fsp3) is 1.00. The topological polar surface area (TPSA) is 9.72 Å². The van der Waals surface area contributed by atoms with Crippen molar-refractivity contribution in [3.8, 4) is 0 Å². The molecule has 1 fully saturated rings. The summed E-state index contributed by atoms with van der Waals surface area (Å²) in [7, 11) is 0.00435. The minimum absolute atomic E-state index is 0.0689. The van der Waals surface area contributed by atoms with Crippen LogP contribution in [0, 0.1) is 0 Å². The Morgan fingerprint density at radius 3 is 1.37 bits per heavy atom. The minimum atomic E-state index is -1.14. The van der Waals surface area contributed by atoms with Crippen molar-refractivity contribution in [1.29, 1.82) is 0 Å². The summed E-state index contributed by atoms with van der Waals surface area (Å²) in [6, 6.07) is 0. The molecular weight excluding hydrogens is 327 g/mol. The normalized spacial score (nSPS) is 23.5. The molecule has 0 aromatic heterocycles. The predicted octanol–water partition coefficient (Wildman–Crippen LogP) is 2.52. The van der Waals surface area contributed by atoms with Crippen molar-refractivity contribution in [2.24, 2.45) is 0 Å². The molecule has 1 aliphatic heterocycles. The number of nitrogens with zero attached hydrogens (tertiary/aromatic N) is 3. The zero-order chi connectivity index (χ0) is 14.7. The molecule has 0 N–H and O–H groups in total. The SMILES string of the molecule is CN1CCC[N]([Si](C)(C)C)[Ge][N]([Si](C)(C)C)CCC1. The average molecular weight is 360 g/mol. The first-order valence-electron chi connectivity index (χ1n) is 7.61. The van der Waals surface area contributed by atoms with Crippen molar-refractivity contribution >= 4 is 32.3 Å². The fourth-order valence-corrected chi connectivity index (χ4v) is 11.8. The number of hydrogen-bond acceptors (Lipinski definition) is 3. The van der Waals surface area contributed by atoms with Gasteiger partial charge in [0.15, 0.2) is 0 Å². The van der Waals surface area contributed by atoms with E-state index in [1.807, 2.05) is 0 Å². The van der Waals surface area contributed by atoms with Gasteiger partial charge in [-0.2, -0.15) is 0 Å². The molecule has 0 saturated carbocycles. The monoisotopic (exact) mass is 361 g/mol. The van der Waals surface area contributed by atoms with E-state index < -0.39 is 16.5 Å². The van der Waals surface area contributed by atoms with E-state index in [0.717, 1.165) is 0 Å². The van der Waals surface area contributed by atoms with E-state index in [-0.39, 0.29) is 15.9 Å². The van der Waals surface area contributed by atoms with E-state index >= 15 is 0 Å². The second-order valence-corrected chi connectivity index (χ2v) is 22.1. The zero-order valence-corrected chi connectivity index (χ0v) is 18.2. The molecule has 1 aliphatic rings. The van der Waals surface area contributed by atoms with Crippen LogP contribution in [-0.2, 0) is 0 Å². The van der Waals surface area contributed by atoms with Gasteiger partial charge in [-0.05, 0) is 0 Å². The molecule has 0 aromatic rings. The van der Waals surface area contributed by atoms with Crippen molar-refractivity contribution in [2.75, 3.05) is 33.2 Å². The number of hydrogen-bond donors (Lipinski definition) is 0. The van der Waals surface area contributed by atoms with E-state index in [1.54, 1.807) is 0 Å². The molecule has 112 valence electrons. The van der Waals surface area contributed by atoms with Crippen LogP contribution < -0.4 is 0 Å². The van der Waals surface area contributed by atoms with Gasteiger partial charge in [-0.25, -0.2) is 0 Å². The van der Waals surface area contributed by atoms with Crippen molar-refractivity contribution in [3.05, 3.63) is 0 Å². The maximum atomic E-state index is 2.93. The van der Waals surface area contributed by atoms with Crippen LogP contribution >= 0.6 is 0 Å². The Kier molecular flexibility index (Phi) is 6.81. The van der Waals surface area contributed by atoms with Gasteiger partial charge < -0.3 is 0 Å². The Balaban J connectivity index is 2.80. The molecule has 1 saturated heterocycles. The summed E-state index contributed by atoms with van der Waals surface area (Å²) in [4.78, 5) is 2.52. The van der Waals surface area contributed by atoms with Gasteiger partial charge in [0.05, 0.1) is 0 Å². The summed E-state index contributed by atoms with van der Waals surface area (Å²) in [5, 5.41) is 0. The van der Waals surface area contributed by atoms with Crippen molar-refractivity contribution in [2.45, 2.75) is 52.1 Å². The molecule has 0 bridgehead atoms. The molecule has 3 nitrogen and oxygen atoms in total. The quantitative estimate of drug-likeness (QED) is 0.701. The second-order valence-electron chi connectivity index (χ2n) is 7.76. The third-order valence-electron chi connectivity index (χ3n) is 3.70. The van der Waals surface area contributed by atoms with E-state index in [9.17, 15) is 0 Å². The Labute approximate surface area is 129 Å². The molecular formula is C13H33GeN3Si2. The third kappa shape index (κ3) is 6.43. The summed E-state index contributed by atoms with van der Waals surface area (Å²) in [6.07, 6.45) is 2.70. The summed E-state index contributed by atoms with van der Waals surface area (Å²) in [6.45, 7) is 20.4. The Morgan fingerprint density at radius 1 is 0.684 bits per heavy atom. The Bertz CT molecular complexity index is 250. The molecule has 0 aliphatic carbocycles. The van der Waals surface area contributed by atoms with Crippen molar-refractivity contribution in [3.63, 3.8) is 0 Å². The first kappa shape index (κ1) is 17.9.